The van der Waals surface area contributed by atoms with Crippen molar-refractivity contribution >= 4 is 0 Å². The average molecular weight is 223 g/mol. The number of rotatable bonds is 3. The summed E-state index contributed by atoms with van der Waals surface area (Å²) in [6, 6.07) is 5.79. The number of benzene rings is 1. The SMILES string of the molecule is Cc1cc(CCC2COCCN2)ccc1F. The minimum atomic E-state index is -0.122. The van der Waals surface area contributed by atoms with Crippen molar-refractivity contribution in [1.29, 1.82) is 0 Å². The monoisotopic (exact) mass is 223 g/mol. The predicted octanol–water partition coefficient (Wildman–Crippen LogP) is 2.06. The summed E-state index contributed by atoms with van der Waals surface area (Å²) in [4.78, 5) is 0. The van der Waals surface area contributed by atoms with Crippen LogP contribution in [0.1, 0.15) is 17.5 Å². The van der Waals surface area contributed by atoms with E-state index in [0.717, 1.165) is 38.2 Å². The van der Waals surface area contributed by atoms with Crippen LogP contribution >= 0.6 is 0 Å². The smallest absolute Gasteiger partial charge is 0.126 e. The zero-order chi connectivity index (χ0) is 11.4. The molecule has 1 heterocycles. The van der Waals surface area contributed by atoms with E-state index in [2.05, 4.69) is 5.32 Å². The van der Waals surface area contributed by atoms with E-state index in [1.54, 1.807) is 13.0 Å². The van der Waals surface area contributed by atoms with Gasteiger partial charge in [0.05, 0.1) is 13.2 Å². The van der Waals surface area contributed by atoms with Crippen molar-refractivity contribution in [3.63, 3.8) is 0 Å². The van der Waals surface area contributed by atoms with Crippen LogP contribution in [-0.2, 0) is 11.2 Å². The van der Waals surface area contributed by atoms with Crippen LogP contribution in [0.25, 0.3) is 0 Å². The Hall–Kier alpha value is -0.930. The summed E-state index contributed by atoms with van der Waals surface area (Å²) in [6.45, 7) is 4.35. The Morgan fingerprint density at radius 1 is 1.50 bits per heavy atom. The molecule has 1 aliphatic rings. The molecule has 0 aliphatic carbocycles. The van der Waals surface area contributed by atoms with Gasteiger partial charge in [0, 0.05) is 12.6 Å². The zero-order valence-corrected chi connectivity index (χ0v) is 9.63. The zero-order valence-electron chi connectivity index (χ0n) is 9.63. The molecule has 88 valence electrons. The van der Waals surface area contributed by atoms with Crippen molar-refractivity contribution in [2.75, 3.05) is 19.8 Å². The number of nitrogens with one attached hydrogen (secondary N) is 1. The molecule has 0 bridgehead atoms. The van der Waals surface area contributed by atoms with Gasteiger partial charge in [-0.25, -0.2) is 4.39 Å². The van der Waals surface area contributed by atoms with Crippen LogP contribution < -0.4 is 5.32 Å². The molecule has 2 rings (SSSR count). The summed E-state index contributed by atoms with van der Waals surface area (Å²) >= 11 is 0. The number of ether oxygens (including phenoxy) is 1. The molecule has 0 saturated carbocycles. The summed E-state index contributed by atoms with van der Waals surface area (Å²) in [7, 11) is 0. The number of hydrogen-bond donors (Lipinski definition) is 1. The third-order valence-corrected chi connectivity index (χ3v) is 3.00. The van der Waals surface area contributed by atoms with Crippen molar-refractivity contribution < 1.29 is 9.13 Å². The van der Waals surface area contributed by atoms with E-state index in [1.807, 2.05) is 12.1 Å². The summed E-state index contributed by atoms with van der Waals surface area (Å²) in [5, 5.41) is 3.42. The molecule has 3 heteroatoms. The van der Waals surface area contributed by atoms with Gasteiger partial charge in [-0.2, -0.15) is 0 Å². The molecule has 1 N–H and O–H groups in total. The van der Waals surface area contributed by atoms with E-state index in [-0.39, 0.29) is 5.82 Å². The molecular weight excluding hydrogens is 205 g/mol. The lowest BCUT2D eigenvalue weighted by Crippen LogP contribution is -2.41. The van der Waals surface area contributed by atoms with Crippen LogP contribution in [0.2, 0.25) is 0 Å². The number of halogens is 1. The molecule has 1 aromatic carbocycles. The van der Waals surface area contributed by atoms with Gasteiger partial charge in [0.1, 0.15) is 5.82 Å². The highest BCUT2D eigenvalue weighted by Crippen LogP contribution is 2.12. The number of hydrogen-bond acceptors (Lipinski definition) is 2. The van der Waals surface area contributed by atoms with Crippen molar-refractivity contribution in [2.45, 2.75) is 25.8 Å². The van der Waals surface area contributed by atoms with Crippen LogP contribution in [-0.4, -0.2) is 25.8 Å². The fourth-order valence-electron chi connectivity index (χ4n) is 2.01. The standard InChI is InChI=1S/C13H18FNO/c1-10-8-11(3-5-13(10)14)2-4-12-9-16-7-6-15-12/h3,5,8,12,15H,2,4,6-7,9H2,1H3. The molecule has 1 aromatic rings. The lowest BCUT2D eigenvalue weighted by molar-refractivity contribution is 0.0743. The lowest BCUT2D eigenvalue weighted by atomic mass is 10.0. The first-order valence-corrected chi connectivity index (χ1v) is 5.82. The van der Waals surface area contributed by atoms with Crippen LogP contribution in [0.3, 0.4) is 0 Å². The minimum absolute atomic E-state index is 0.122. The van der Waals surface area contributed by atoms with E-state index in [1.165, 1.54) is 5.56 Å². The van der Waals surface area contributed by atoms with E-state index in [4.69, 9.17) is 4.74 Å². The van der Waals surface area contributed by atoms with Gasteiger partial charge in [-0.1, -0.05) is 12.1 Å². The highest BCUT2D eigenvalue weighted by Gasteiger charge is 2.12. The molecule has 1 saturated heterocycles. The fraction of sp³-hybridized carbons (Fsp3) is 0.538. The highest BCUT2D eigenvalue weighted by molar-refractivity contribution is 5.24. The Labute approximate surface area is 95.8 Å². The third-order valence-electron chi connectivity index (χ3n) is 3.00. The number of morpholine rings is 1. The topological polar surface area (TPSA) is 21.3 Å². The molecule has 0 aromatic heterocycles. The third kappa shape index (κ3) is 3.03. The quantitative estimate of drug-likeness (QED) is 0.847. The predicted molar refractivity (Wildman–Crippen MR) is 62.1 cm³/mol. The Kier molecular flexibility index (Phi) is 3.91. The first-order valence-electron chi connectivity index (χ1n) is 5.82. The second kappa shape index (κ2) is 5.41. The average Bonchev–Trinajstić information content (AvgIpc) is 2.32. The molecule has 2 nitrogen and oxygen atoms in total. The van der Waals surface area contributed by atoms with E-state index < -0.39 is 0 Å². The molecule has 1 aliphatic heterocycles. The highest BCUT2D eigenvalue weighted by atomic mass is 19.1. The summed E-state index contributed by atoms with van der Waals surface area (Å²) in [6.07, 6.45) is 2.02. The van der Waals surface area contributed by atoms with Gasteiger partial charge in [0.25, 0.3) is 0 Å². The van der Waals surface area contributed by atoms with Gasteiger partial charge < -0.3 is 10.1 Å². The van der Waals surface area contributed by atoms with E-state index in [9.17, 15) is 4.39 Å². The fourth-order valence-corrected chi connectivity index (χ4v) is 2.01. The maximum Gasteiger partial charge on any atom is 0.126 e. The minimum Gasteiger partial charge on any atom is -0.379 e. The van der Waals surface area contributed by atoms with Gasteiger partial charge in [-0.3, -0.25) is 0 Å². The van der Waals surface area contributed by atoms with Gasteiger partial charge in [0.15, 0.2) is 0 Å². The van der Waals surface area contributed by atoms with Crippen LogP contribution in [0.5, 0.6) is 0 Å². The molecule has 16 heavy (non-hydrogen) atoms. The molecule has 0 amide bonds. The molecule has 0 spiro atoms. The molecule has 1 fully saturated rings. The van der Waals surface area contributed by atoms with Crippen molar-refractivity contribution in [2.24, 2.45) is 0 Å². The first-order chi connectivity index (χ1) is 7.75. The summed E-state index contributed by atoms with van der Waals surface area (Å²) < 4.78 is 18.5. The van der Waals surface area contributed by atoms with E-state index in [0.29, 0.717) is 6.04 Å². The lowest BCUT2D eigenvalue weighted by Gasteiger charge is -2.23. The van der Waals surface area contributed by atoms with Crippen LogP contribution in [0.15, 0.2) is 18.2 Å². The Bertz CT molecular complexity index is 348. The largest absolute Gasteiger partial charge is 0.379 e. The van der Waals surface area contributed by atoms with Crippen molar-refractivity contribution in [3.05, 3.63) is 35.1 Å². The summed E-state index contributed by atoms with van der Waals surface area (Å²) in [5.41, 5.74) is 1.93. The molecule has 1 unspecified atom stereocenters. The second-order valence-corrected chi connectivity index (χ2v) is 4.35. The van der Waals surface area contributed by atoms with Gasteiger partial charge in [-0.15, -0.1) is 0 Å². The normalized spacial score (nSPS) is 21.0. The van der Waals surface area contributed by atoms with Gasteiger partial charge in [0.2, 0.25) is 0 Å². The van der Waals surface area contributed by atoms with Crippen LogP contribution in [0, 0.1) is 12.7 Å². The van der Waals surface area contributed by atoms with Crippen LogP contribution in [0.4, 0.5) is 4.39 Å². The summed E-state index contributed by atoms with van der Waals surface area (Å²) in [5.74, 6) is -0.122. The van der Waals surface area contributed by atoms with Crippen molar-refractivity contribution in [1.82, 2.24) is 5.32 Å². The van der Waals surface area contributed by atoms with Gasteiger partial charge >= 0.3 is 0 Å². The first kappa shape index (κ1) is 11.6. The number of aryl methyl sites for hydroxylation is 2. The second-order valence-electron chi connectivity index (χ2n) is 4.35. The molecule has 0 radical (unpaired) electrons. The van der Waals surface area contributed by atoms with Gasteiger partial charge in [-0.05, 0) is 37.0 Å². The Morgan fingerprint density at radius 3 is 3.06 bits per heavy atom. The molecular formula is C13H18FNO. The maximum absolute atomic E-state index is 13.1. The van der Waals surface area contributed by atoms with Crippen molar-refractivity contribution in [3.8, 4) is 0 Å². The maximum atomic E-state index is 13.1. The Balaban J connectivity index is 1.86. The Morgan fingerprint density at radius 2 is 2.38 bits per heavy atom. The molecule has 1 atom stereocenters. The van der Waals surface area contributed by atoms with E-state index >= 15 is 0 Å².